The summed E-state index contributed by atoms with van der Waals surface area (Å²) >= 11 is 3.07. The molecule has 1 saturated heterocycles. The van der Waals surface area contributed by atoms with Crippen molar-refractivity contribution in [2.24, 2.45) is 0 Å². The zero-order chi connectivity index (χ0) is 19.0. The Labute approximate surface area is 166 Å². The summed E-state index contributed by atoms with van der Waals surface area (Å²) in [5, 5.41) is 3.94. The Morgan fingerprint density at radius 2 is 2.07 bits per heavy atom. The van der Waals surface area contributed by atoms with Crippen molar-refractivity contribution in [1.82, 2.24) is 4.98 Å². The maximum Gasteiger partial charge on any atom is 0.256 e. The van der Waals surface area contributed by atoms with Crippen LogP contribution in [0.1, 0.15) is 21.8 Å². The molecule has 1 aliphatic heterocycles. The molecule has 1 amide bonds. The fourth-order valence-corrected chi connectivity index (χ4v) is 7.60. The van der Waals surface area contributed by atoms with Gasteiger partial charge in [0.05, 0.1) is 32.3 Å². The highest BCUT2D eigenvalue weighted by Gasteiger charge is 2.29. The molecule has 1 fully saturated rings. The molecule has 2 heterocycles. The van der Waals surface area contributed by atoms with Crippen LogP contribution in [0.3, 0.4) is 0 Å². The second kappa shape index (κ2) is 7.26. The number of amides is 1. The summed E-state index contributed by atoms with van der Waals surface area (Å²) < 4.78 is 24.4. The molecule has 1 atom stereocenters. The number of aromatic nitrogens is 1. The molecule has 1 aliphatic rings. The number of thioether (sulfide) groups is 1. The fourth-order valence-electron chi connectivity index (χ4n) is 3.11. The molecule has 0 radical (unpaired) electrons. The average Bonchev–Trinajstić information content (AvgIpc) is 3.15. The lowest BCUT2D eigenvalue weighted by Crippen LogP contribution is -2.14. The quantitative estimate of drug-likeness (QED) is 0.689. The van der Waals surface area contributed by atoms with Gasteiger partial charge in [0, 0.05) is 15.8 Å². The summed E-state index contributed by atoms with van der Waals surface area (Å²) in [6.07, 6.45) is 0.629. The first-order valence-corrected chi connectivity index (χ1v) is 12.1. The normalized spacial score (nSPS) is 18.6. The van der Waals surface area contributed by atoms with E-state index in [1.807, 2.05) is 43.3 Å². The van der Waals surface area contributed by atoms with E-state index in [1.165, 1.54) is 11.8 Å². The first-order chi connectivity index (χ1) is 12.9. The minimum absolute atomic E-state index is 0.000434. The summed E-state index contributed by atoms with van der Waals surface area (Å²) in [4.78, 5) is 18.1. The topological polar surface area (TPSA) is 76.1 Å². The number of benzene rings is 2. The van der Waals surface area contributed by atoms with E-state index in [2.05, 4.69) is 10.3 Å². The van der Waals surface area contributed by atoms with Crippen molar-refractivity contribution in [3.8, 4) is 0 Å². The van der Waals surface area contributed by atoms with E-state index in [0.29, 0.717) is 12.0 Å². The lowest BCUT2D eigenvalue weighted by atomic mass is 10.2. The van der Waals surface area contributed by atoms with Crippen LogP contribution in [0.15, 0.2) is 47.4 Å². The third-order valence-corrected chi connectivity index (χ3v) is 8.63. The van der Waals surface area contributed by atoms with Crippen LogP contribution in [0.5, 0.6) is 0 Å². The lowest BCUT2D eigenvalue weighted by molar-refractivity contribution is 0.102. The van der Waals surface area contributed by atoms with Crippen molar-refractivity contribution >= 4 is 54.7 Å². The Morgan fingerprint density at radius 1 is 1.26 bits per heavy atom. The van der Waals surface area contributed by atoms with Crippen LogP contribution in [-0.4, -0.2) is 36.1 Å². The van der Waals surface area contributed by atoms with Crippen molar-refractivity contribution in [2.45, 2.75) is 23.5 Å². The van der Waals surface area contributed by atoms with Crippen LogP contribution in [-0.2, 0) is 9.84 Å². The predicted molar refractivity (Wildman–Crippen MR) is 112 cm³/mol. The number of nitrogens with one attached hydrogen (secondary N) is 1. The van der Waals surface area contributed by atoms with Crippen molar-refractivity contribution in [1.29, 1.82) is 0 Å². The number of rotatable bonds is 4. The summed E-state index contributed by atoms with van der Waals surface area (Å²) in [6, 6.07) is 13.0. The molecule has 0 unspecified atom stereocenters. The molecule has 1 N–H and O–H groups in total. The molecule has 1 aromatic heterocycles. The number of carbonyl (C=O) groups is 1. The van der Waals surface area contributed by atoms with Crippen LogP contribution in [0.4, 0.5) is 5.69 Å². The molecule has 5 nitrogen and oxygen atoms in total. The van der Waals surface area contributed by atoms with Gasteiger partial charge < -0.3 is 5.32 Å². The molecule has 0 spiro atoms. The molecule has 2 aromatic carbocycles. The number of sulfone groups is 1. The number of thiazole rings is 1. The molecule has 140 valence electrons. The molecule has 0 bridgehead atoms. The average molecular weight is 419 g/mol. The number of carbonyl (C=O) groups excluding carboxylic acids is 1. The van der Waals surface area contributed by atoms with Gasteiger partial charge in [-0.15, -0.1) is 23.1 Å². The van der Waals surface area contributed by atoms with E-state index in [-0.39, 0.29) is 22.7 Å². The Kier molecular flexibility index (Phi) is 4.96. The Morgan fingerprint density at radius 3 is 2.85 bits per heavy atom. The minimum atomic E-state index is -2.94. The fraction of sp³-hybridized carbons (Fsp3) is 0.263. The third kappa shape index (κ3) is 4.17. The summed E-state index contributed by atoms with van der Waals surface area (Å²) in [5.41, 5.74) is 2.21. The molecular formula is C19H18N2O3S3. The van der Waals surface area contributed by atoms with Crippen LogP contribution < -0.4 is 5.32 Å². The predicted octanol–water partition coefficient (Wildman–Crippen LogP) is 4.14. The highest BCUT2D eigenvalue weighted by Crippen LogP contribution is 2.33. The van der Waals surface area contributed by atoms with Gasteiger partial charge in [-0.2, -0.15) is 0 Å². The SMILES string of the molecule is Cc1nc2ccc(NC(=O)c3ccccc3S[C@H]3CCS(=O)(=O)C3)cc2s1. The van der Waals surface area contributed by atoms with E-state index < -0.39 is 9.84 Å². The molecule has 8 heteroatoms. The van der Waals surface area contributed by atoms with Gasteiger partial charge in [-0.1, -0.05) is 12.1 Å². The van der Waals surface area contributed by atoms with Crippen LogP contribution in [0.25, 0.3) is 10.2 Å². The number of nitrogens with zero attached hydrogens (tertiary/aromatic N) is 1. The van der Waals surface area contributed by atoms with Gasteiger partial charge >= 0.3 is 0 Å². The van der Waals surface area contributed by atoms with E-state index in [1.54, 1.807) is 17.4 Å². The van der Waals surface area contributed by atoms with Gasteiger partial charge in [-0.25, -0.2) is 13.4 Å². The van der Waals surface area contributed by atoms with Crippen molar-refractivity contribution in [3.05, 3.63) is 53.0 Å². The second-order valence-electron chi connectivity index (χ2n) is 6.51. The number of anilines is 1. The highest BCUT2D eigenvalue weighted by atomic mass is 32.2. The first-order valence-electron chi connectivity index (χ1n) is 8.54. The molecular weight excluding hydrogens is 400 g/mol. The van der Waals surface area contributed by atoms with Gasteiger partial charge in [0.2, 0.25) is 0 Å². The zero-order valence-electron chi connectivity index (χ0n) is 14.6. The van der Waals surface area contributed by atoms with Gasteiger partial charge in [0.1, 0.15) is 0 Å². The first kappa shape index (κ1) is 18.5. The maximum atomic E-state index is 12.8. The van der Waals surface area contributed by atoms with Crippen molar-refractivity contribution < 1.29 is 13.2 Å². The summed E-state index contributed by atoms with van der Waals surface area (Å²) in [7, 11) is -2.94. The Balaban J connectivity index is 1.54. The van der Waals surface area contributed by atoms with E-state index in [9.17, 15) is 13.2 Å². The van der Waals surface area contributed by atoms with Crippen molar-refractivity contribution in [2.75, 3.05) is 16.8 Å². The van der Waals surface area contributed by atoms with Crippen LogP contribution in [0, 0.1) is 6.92 Å². The van der Waals surface area contributed by atoms with Crippen LogP contribution in [0.2, 0.25) is 0 Å². The summed E-state index contributed by atoms with van der Waals surface area (Å²) in [6.45, 7) is 1.96. The van der Waals surface area contributed by atoms with Gasteiger partial charge in [0.25, 0.3) is 5.91 Å². The molecule has 27 heavy (non-hydrogen) atoms. The van der Waals surface area contributed by atoms with Gasteiger partial charge in [-0.3, -0.25) is 4.79 Å². The van der Waals surface area contributed by atoms with Crippen molar-refractivity contribution in [3.63, 3.8) is 0 Å². The monoisotopic (exact) mass is 418 g/mol. The maximum absolute atomic E-state index is 12.8. The molecule has 4 rings (SSSR count). The van der Waals surface area contributed by atoms with E-state index in [0.717, 1.165) is 25.8 Å². The number of hydrogen-bond acceptors (Lipinski definition) is 6. The standard InChI is InChI=1S/C19H18N2O3S3/c1-12-20-16-7-6-13(10-18(16)25-12)21-19(22)15-4-2-3-5-17(15)26-14-8-9-27(23,24)11-14/h2-7,10,14H,8-9,11H2,1H3,(H,21,22)/t14-/m0/s1. The van der Waals surface area contributed by atoms with E-state index >= 15 is 0 Å². The third-order valence-electron chi connectivity index (χ3n) is 4.37. The van der Waals surface area contributed by atoms with Crippen LogP contribution >= 0.6 is 23.1 Å². The zero-order valence-corrected chi connectivity index (χ0v) is 17.1. The highest BCUT2D eigenvalue weighted by molar-refractivity contribution is 8.02. The van der Waals surface area contributed by atoms with Gasteiger partial charge in [0.15, 0.2) is 9.84 Å². The van der Waals surface area contributed by atoms with Gasteiger partial charge in [-0.05, 0) is 43.7 Å². The molecule has 0 aliphatic carbocycles. The number of fused-ring (bicyclic) bond motifs is 1. The summed E-state index contributed by atoms with van der Waals surface area (Å²) in [5.74, 6) is 0.210. The van der Waals surface area contributed by atoms with E-state index in [4.69, 9.17) is 0 Å². The second-order valence-corrected chi connectivity index (χ2v) is 11.3. The minimum Gasteiger partial charge on any atom is -0.322 e. The number of aryl methyl sites for hydroxylation is 1. The Hall–Kier alpha value is -1.90. The largest absolute Gasteiger partial charge is 0.322 e. The smallest absolute Gasteiger partial charge is 0.256 e. The Bertz CT molecular complexity index is 1120. The number of hydrogen-bond donors (Lipinski definition) is 1. The molecule has 0 saturated carbocycles. The molecule has 3 aromatic rings. The lowest BCUT2D eigenvalue weighted by Gasteiger charge is -2.12.